The average Bonchev–Trinajstić information content (AvgIpc) is 2.88. The van der Waals surface area contributed by atoms with Crippen LogP contribution in [0.5, 0.6) is 0 Å². The van der Waals surface area contributed by atoms with Crippen LogP contribution in [0.1, 0.15) is 18.1 Å². The van der Waals surface area contributed by atoms with E-state index in [2.05, 4.69) is 9.72 Å². The van der Waals surface area contributed by atoms with Crippen LogP contribution in [0.25, 0.3) is 10.9 Å². The molecule has 0 saturated heterocycles. The molecular formula is C14H11F3N2O3. The number of benzene rings is 1. The molecule has 0 spiro atoms. The van der Waals surface area contributed by atoms with Crippen molar-refractivity contribution >= 4 is 16.9 Å². The van der Waals surface area contributed by atoms with Crippen LogP contribution >= 0.6 is 0 Å². The molecule has 22 heavy (non-hydrogen) atoms. The van der Waals surface area contributed by atoms with Crippen LogP contribution in [-0.2, 0) is 15.1 Å². The predicted octanol–water partition coefficient (Wildman–Crippen LogP) is 2.35. The van der Waals surface area contributed by atoms with Crippen molar-refractivity contribution in [1.82, 2.24) is 4.98 Å². The van der Waals surface area contributed by atoms with Gasteiger partial charge in [0, 0.05) is 22.7 Å². The summed E-state index contributed by atoms with van der Waals surface area (Å²) in [6, 6.07) is 5.69. The summed E-state index contributed by atoms with van der Waals surface area (Å²) in [5.74, 6) is -1.80. The zero-order valence-electron chi connectivity index (χ0n) is 11.4. The molecule has 0 aliphatic carbocycles. The number of carbonyl (C=O) groups is 1. The van der Waals surface area contributed by atoms with E-state index in [1.165, 1.54) is 25.1 Å². The van der Waals surface area contributed by atoms with Crippen LogP contribution in [0.3, 0.4) is 0 Å². The average molecular weight is 312 g/mol. The van der Waals surface area contributed by atoms with Gasteiger partial charge in [-0.3, -0.25) is 0 Å². The minimum Gasteiger partial charge on any atom is -0.463 e. The number of rotatable bonds is 3. The Labute approximate surface area is 122 Å². The zero-order valence-corrected chi connectivity index (χ0v) is 11.4. The molecule has 0 unspecified atom stereocenters. The van der Waals surface area contributed by atoms with Gasteiger partial charge in [-0.25, -0.2) is 4.79 Å². The van der Waals surface area contributed by atoms with Crippen molar-refractivity contribution in [2.45, 2.75) is 18.7 Å². The van der Waals surface area contributed by atoms with E-state index in [1.54, 1.807) is 0 Å². The first-order valence-corrected chi connectivity index (χ1v) is 6.23. The molecule has 2 aromatic rings. The summed E-state index contributed by atoms with van der Waals surface area (Å²) in [7, 11) is 0. The van der Waals surface area contributed by atoms with Gasteiger partial charge < -0.3 is 14.8 Å². The number of fused-ring (bicyclic) bond motifs is 1. The Morgan fingerprint density at radius 2 is 2.14 bits per heavy atom. The molecule has 8 heteroatoms. The van der Waals surface area contributed by atoms with Crippen LogP contribution in [0.4, 0.5) is 13.2 Å². The first kappa shape index (κ1) is 15.9. The van der Waals surface area contributed by atoms with Crippen molar-refractivity contribution in [3.8, 4) is 6.07 Å². The predicted molar refractivity (Wildman–Crippen MR) is 69.6 cm³/mol. The zero-order chi connectivity index (χ0) is 16.5. The first-order valence-electron chi connectivity index (χ1n) is 6.23. The fraction of sp³-hybridized carbons (Fsp3) is 0.286. The second-order valence-electron chi connectivity index (χ2n) is 4.50. The molecule has 1 aromatic heterocycles. The molecule has 0 fully saturated rings. The smallest absolute Gasteiger partial charge is 0.432 e. The van der Waals surface area contributed by atoms with Crippen molar-refractivity contribution in [2.75, 3.05) is 6.61 Å². The van der Waals surface area contributed by atoms with Crippen molar-refractivity contribution in [1.29, 1.82) is 5.26 Å². The summed E-state index contributed by atoms with van der Waals surface area (Å²) < 4.78 is 44.3. The highest BCUT2D eigenvalue weighted by molar-refractivity contribution is 5.92. The maximum absolute atomic E-state index is 13.3. The second-order valence-corrected chi connectivity index (χ2v) is 4.50. The van der Waals surface area contributed by atoms with Crippen molar-refractivity contribution in [2.24, 2.45) is 0 Å². The quantitative estimate of drug-likeness (QED) is 0.852. The molecule has 2 N–H and O–H groups in total. The van der Waals surface area contributed by atoms with Gasteiger partial charge in [-0.05, 0) is 19.1 Å². The van der Waals surface area contributed by atoms with Gasteiger partial charge in [0.2, 0.25) is 0 Å². The molecule has 2 rings (SSSR count). The Balaban J connectivity index is 2.68. The number of nitrogens with zero attached hydrogens (tertiary/aromatic N) is 1. The summed E-state index contributed by atoms with van der Waals surface area (Å²) >= 11 is 0. The number of ether oxygens (including phenoxy) is 1. The van der Waals surface area contributed by atoms with Crippen molar-refractivity contribution in [3.05, 3.63) is 35.5 Å². The van der Waals surface area contributed by atoms with Gasteiger partial charge in [0.05, 0.1) is 18.2 Å². The van der Waals surface area contributed by atoms with E-state index in [0.29, 0.717) is 0 Å². The number of carbonyl (C=O) groups excluding carboxylic acids is 1. The molecule has 0 bridgehead atoms. The number of esters is 1. The Hall–Kier alpha value is -2.53. The van der Waals surface area contributed by atoms with Crippen LogP contribution in [0.2, 0.25) is 0 Å². The monoisotopic (exact) mass is 312 g/mol. The van der Waals surface area contributed by atoms with Gasteiger partial charge in [0.15, 0.2) is 0 Å². The SMILES string of the molecule is CCOC(=O)[C@](O)(c1c[nH]c2cc(C#N)ccc12)C(F)(F)F. The first-order chi connectivity index (χ1) is 10.3. The normalized spacial score (nSPS) is 14.4. The molecule has 0 aliphatic rings. The molecule has 0 saturated carbocycles. The van der Waals surface area contributed by atoms with Gasteiger partial charge >= 0.3 is 12.1 Å². The van der Waals surface area contributed by atoms with E-state index in [1.807, 2.05) is 6.07 Å². The third-order valence-corrected chi connectivity index (χ3v) is 3.18. The lowest BCUT2D eigenvalue weighted by atomic mass is 9.92. The lowest BCUT2D eigenvalue weighted by Crippen LogP contribution is -2.50. The summed E-state index contributed by atoms with van der Waals surface area (Å²) in [6.45, 7) is 1.03. The fourth-order valence-electron chi connectivity index (χ4n) is 2.11. The lowest BCUT2D eigenvalue weighted by molar-refractivity contribution is -0.267. The molecule has 1 heterocycles. The minimum absolute atomic E-state index is 0.0214. The highest BCUT2D eigenvalue weighted by Crippen LogP contribution is 2.42. The summed E-state index contributed by atoms with van der Waals surface area (Å²) in [5, 5.41) is 18.8. The highest BCUT2D eigenvalue weighted by Gasteiger charge is 2.63. The molecule has 1 atom stereocenters. The molecular weight excluding hydrogens is 301 g/mol. The van der Waals surface area contributed by atoms with E-state index >= 15 is 0 Å². The van der Waals surface area contributed by atoms with E-state index in [4.69, 9.17) is 5.26 Å². The maximum atomic E-state index is 13.3. The van der Waals surface area contributed by atoms with Gasteiger partial charge in [-0.1, -0.05) is 6.07 Å². The number of alkyl halides is 3. The standard InChI is InChI=1S/C14H11F3N2O3/c1-2-22-12(20)13(21,14(15,16)17)10-7-19-11-5-8(6-18)3-4-9(10)11/h3-5,7,19,21H,2H2,1H3/t13-/m1/s1. The molecule has 116 valence electrons. The number of nitrogens with one attached hydrogen (secondary N) is 1. The number of nitriles is 1. The molecule has 0 amide bonds. The van der Waals surface area contributed by atoms with Crippen LogP contribution < -0.4 is 0 Å². The summed E-state index contributed by atoms with van der Waals surface area (Å²) in [6.07, 6.45) is -4.38. The molecule has 1 aromatic carbocycles. The van der Waals surface area contributed by atoms with Crippen molar-refractivity contribution < 1.29 is 27.8 Å². The van der Waals surface area contributed by atoms with Crippen LogP contribution in [0, 0.1) is 11.3 Å². The maximum Gasteiger partial charge on any atom is 0.432 e. The Bertz CT molecular complexity index is 761. The number of aliphatic hydroxyl groups is 1. The molecule has 0 aliphatic heterocycles. The third-order valence-electron chi connectivity index (χ3n) is 3.18. The van der Waals surface area contributed by atoms with E-state index in [-0.39, 0.29) is 23.1 Å². The minimum atomic E-state index is -5.26. The Kier molecular flexibility index (Phi) is 3.85. The number of hydrogen-bond acceptors (Lipinski definition) is 4. The van der Waals surface area contributed by atoms with Gasteiger partial charge in [-0.15, -0.1) is 0 Å². The summed E-state index contributed by atoms with van der Waals surface area (Å²) in [5.41, 5.74) is -4.03. The van der Waals surface area contributed by atoms with Crippen molar-refractivity contribution in [3.63, 3.8) is 0 Å². The molecule has 5 nitrogen and oxygen atoms in total. The Morgan fingerprint density at radius 1 is 1.45 bits per heavy atom. The van der Waals surface area contributed by atoms with Crippen LogP contribution in [-0.4, -0.2) is 28.8 Å². The van der Waals surface area contributed by atoms with Gasteiger partial charge in [-0.2, -0.15) is 18.4 Å². The number of aromatic nitrogens is 1. The third kappa shape index (κ3) is 2.29. The lowest BCUT2D eigenvalue weighted by Gasteiger charge is -2.27. The number of H-pyrrole nitrogens is 1. The second kappa shape index (κ2) is 5.35. The largest absolute Gasteiger partial charge is 0.463 e. The van der Waals surface area contributed by atoms with Gasteiger partial charge in [0.25, 0.3) is 5.60 Å². The summed E-state index contributed by atoms with van der Waals surface area (Å²) in [4.78, 5) is 14.2. The fourth-order valence-corrected chi connectivity index (χ4v) is 2.11. The topological polar surface area (TPSA) is 86.1 Å². The number of hydrogen-bond donors (Lipinski definition) is 2. The van der Waals surface area contributed by atoms with E-state index in [9.17, 15) is 23.1 Å². The van der Waals surface area contributed by atoms with E-state index < -0.39 is 23.3 Å². The van der Waals surface area contributed by atoms with Gasteiger partial charge in [0.1, 0.15) is 0 Å². The van der Waals surface area contributed by atoms with E-state index in [0.717, 1.165) is 6.20 Å². The number of aromatic amines is 1. The highest BCUT2D eigenvalue weighted by atomic mass is 19.4. The number of halogens is 3. The Morgan fingerprint density at radius 3 is 2.68 bits per heavy atom. The molecule has 0 radical (unpaired) electrons. The van der Waals surface area contributed by atoms with Crippen LogP contribution in [0.15, 0.2) is 24.4 Å².